The van der Waals surface area contributed by atoms with Crippen molar-refractivity contribution in [2.75, 3.05) is 5.32 Å². The lowest BCUT2D eigenvalue weighted by Crippen LogP contribution is -2.38. The largest absolute Gasteiger partial charge is 0.331 e. The molecule has 36 heavy (non-hydrogen) atoms. The Bertz CT molecular complexity index is 1480. The monoisotopic (exact) mass is 635 g/mol. The molecule has 8 heteroatoms. The van der Waals surface area contributed by atoms with E-state index >= 15 is 0 Å². The Labute approximate surface area is 235 Å². The van der Waals surface area contributed by atoms with Crippen molar-refractivity contribution in [3.8, 4) is 10.6 Å². The van der Waals surface area contributed by atoms with Crippen LogP contribution in [-0.2, 0) is 4.79 Å². The molecule has 0 saturated carbocycles. The molecular formula is C28H19Br2N3OS2. The molecule has 0 bridgehead atoms. The lowest BCUT2D eigenvalue weighted by atomic mass is 9.90. The third kappa shape index (κ3) is 5.42. The third-order valence-corrected chi connectivity index (χ3v) is 7.94. The summed E-state index contributed by atoms with van der Waals surface area (Å²) in [5, 5.41) is 7.20. The van der Waals surface area contributed by atoms with E-state index in [1.54, 1.807) is 11.3 Å². The fourth-order valence-corrected chi connectivity index (χ4v) is 6.49. The number of rotatable bonds is 5. The molecule has 1 heterocycles. The summed E-state index contributed by atoms with van der Waals surface area (Å²) in [4.78, 5) is 18.3. The van der Waals surface area contributed by atoms with Crippen molar-refractivity contribution in [1.82, 2.24) is 10.3 Å². The normalized spacial score (nSPS) is 11.0. The van der Waals surface area contributed by atoms with Gasteiger partial charge in [-0.25, -0.2) is 4.98 Å². The van der Waals surface area contributed by atoms with Crippen LogP contribution in [-0.4, -0.2) is 16.0 Å². The topological polar surface area (TPSA) is 54.0 Å². The zero-order valence-electron chi connectivity index (χ0n) is 18.7. The molecule has 2 N–H and O–H groups in total. The average Bonchev–Trinajstić information content (AvgIpc) is 3.31. The van der Waals surface area contributed by atoms with Gasteiger partial charge in [0.25, 0.3) is 0 Å². The smallest absolute Gasteiger partial charge is 0.238 e. The van der Waals surface area contributed by atoms with Gasteiger partial charge in [-0.1, -0.05) is 88.7 Å². The van der Waals surface area contributed by atoms with Crippen LogP contribution in [0.15, 0.2) is 106 Å². The highest BCUT2D eigenvalue weighted by molar-refractivity contribution is 9.11. The first kappa shape index (κ1) is 24.8. The Morgan fingerprint density at radius 2 is 1.47 bits per heavy atom. The molecule has 0 unspecified atom stereocenters. The zero-order valence-corrected chi connectivity index (χ0v) is 23.5. The number of amides is 1. The highest BCUT2D eigenvalue weighted by atomic mass is 79.9. The van der Waals surface area contributed by atoms with Crippen LogP contribution in [0.1, 0.15) is 17.0 Å². The molecule has 0 saturated heterocycles. The minimum absolute atomic E-state index is 0.209. The predicted molar refractivity (Wildman–Crippen MR) is 160 cm³/mol. The Balaban J connectivity index is 1.44. The number of carbonyl (C=O) groups is 1. The van der Waals surface area contributed by atoms with Gasteiger partial charge in [0.1, 0.15) is 5.01 Å². The Kier molecular flexibility index (Phi) is 7.57. The summed E-state index contributed by atoms with van der Waals surface area (Å²) in [5.41, 5.74) is 4.33. The van der Waals surface area contributed by atoms with Crippen molar-refractivity contribution in [2.45, 2.75) is 5.92 Å². The van der Waals surface area contributed by atoms with E-state index in [9.17, 15) is 4.79 Å². The maximum atomic E-state index is 13.5. The van der Waals surface area contributed by atoms with Crippen molar-refractivity contribution in [3.63, 3.8) is 0 Å². The molecule has 0 spiro atoms. The molecule has 5 rings (SSSR count). The van der Waals surface area contributed by atoms with Crippen LogP contribution in [0.5, 0.6) is 0 Å². The summed E-state index contributed by atoms with van der Waals surface area (Å²) in [7, 11) is 0. The summed E-state index contributed by atoms with van der Waals surface area (Å²) in [6, 6.07) is 31.3. The highest BCUT2D eigenvalue weighted by Crippen LogP contribution is 2.40. The molecule has 0 aliphatic heterocycles. The van der Waals surface area contributed by atoms with Gasteiger partial charge in [0.2, 0.25) is 5.91 Å². The van der Waals surface area contributed by atoms with Gasteiger partial charge in [-0.2, -0.15) is 0 Å². The van der Waals surface area contributed by atoms with E-state index in [0.29, 0.717) is 0 Å². The van der Waals surface area contributed by atoms with E-state index in [1.807, 2.05) is 91.0 Å². The number of nitrogens with one attached hydrogen (secondary N) is 2. The lowest BCUT2D eigenvalue weighted by molar-refractivity contribution is -0.120. The first-order valence-corrected chi connectivity index (χ1v) is 13.9. The van der Waals surface area contributed by atoms with E-state index in [-0.39, 0.29) is 11.0 Å². The molecule has 0 fully saturated rings. The van der Waals surface area contributed by atoms with Gasteiger partial charge in [0.05, 0.1) is 21.8 Å². The van der Waals surface area contributed by atoms with Crippen molar-refractivity contribution in [2.24, 2.45) is 0 Å². The first-order valence-electron chi connectivity index (χ1n) is 11.1. The number of hydrogen-bond donors (Lipinski definition) is 2. The van der Waals surface area contributed by atoms with E-state index in [1.165, 1.54) is 0 Å². The number of para-hydroxylation sites is 1. The quantitative estimate of drug-likeness (QED) is 0.191. The number of anilines is 1. The van der Waals surface area contributed by atoms with Crippen LogP contribution >= 0.6 is 55.4 Å². The summed E-state index contributed by atoms with van der Waals surface area (Å²) in [6.07, 6.45) is 0. The highest BCUT2D eigenvalue weighted by Gasteiger charge is 2.24. The van der Waals surface area contributed by atoms with Crippen LogP contribution in [0.4, 0.5) is 5.69 Å². The van der Waals surface area contributed by atoms with Crippen LogP contribution in [0.2, 0.25) is 0 Å². The third-order valence-electron chi connectivity index (χ3n) is 5.58. The fourth-order valence-electron chi connectivity index (χ4n) is 3.97. The summed E-state index contributed by atoms with van der Waals surface area (Å²) >= 11 is 14.4. The van der Waals surface area contributed by atoms with Gasteiger partial charge in [0.15, 0.2) is 5.11 Å². The zero-order chi connectivity index (χ0) is 25.1. The van der Waals surface area contributed by atoms with Crippen molar-refractivity contribution in [1.29, 1.82) is 0 Å². The number of carbonyl (C=O) groups excluding carboxylic acids is 1. The predicted octanol–water partition coefficient (Wildman–Crippen LogP) is 8.13. The summed E-state index contributed by atoms with van der Waals surface area (Å²) in [6.45, 7) is 0. The Hall–Kier alpha value is -2.91. The van der Waals surface area contributed by atoms with Gasteiger partial charge >= 0.3 is 0 Å². The molecule has 1 aromatic heterocycles. The minimum atomic E-state index is -0.496. The summed E-state index contributed by atoms with van der Waals surface area (Å²) < 4.78 is 2.79. The maximum absolute atomic E-state index is 13.5. The second kappa shape index (κ2) is 11.0. The van der Waals surface area contributed by atoms with E-state index < -0.39 is 5.92 Å². The second-order valence-electron chi connectivity index (χ2n) is 7.99. The minimum Gasteiger partial charge on any atom is -0.331 e. The average molecular weight is 637 g/mol. The Morgan fingerprint density at radius 3 is 2.11 bits per heavy atom. The van der Waals surface area contributed by atoms with Gasteiger partial charge < -0.3 is 10.6 Å². The SMILES string of the molecule is O=C(NC(=S)Nc1c(Br)cc(Br)cc1-c1nc2ccccc2s1)C(c1ccccc1)c1ccccc1. The number of nitrogens with zero attached hydrogens (tertiary/aromatic N) is 1. The van der Waals surface area contributed by atoms with E-state index in [4.69, 9.17) is 17.2 Å². The maximum Gasteiger partial charge on any atom is 0.238 e. The number of aromatic nitrogens is 1. The first-order chi connectivity index (χ1) is 17.5. The molecule has 0 atom stereocenters. The molecule has 0 aliphatic carbocycles. The van der Waals surface area contributed by atoms with Crippen LogP contribution in [0.3, 0.4) is 0 Å². The van der Waals surface area contributed by atoms with Crippen LogP contribution in [0, 0.1) is 0 Å². The van der Waals surface area contributed by atoms with Crippen molar-refractivity contribution in [3.05, 3.63) is 117 Å². The van der Waals surface area contributed by atoms with Crippen molar-refractivity contribution >= 4 is 82.3 Å². The lowest BCUT2D eigenvalue weighted by Gasteiger charge is -2.20. The van der Waals surface area contributed by atoms with E-state index in [0.717, 1.165) is 46.5 Å². The molecule has 0 aliphatic rings. The van der Waals surface area contributed by atoms with Gasteiger partial charge in [0, 0.05) is 14.5 Å². The molecular weight excluding hydrogens is 618 g/mol. The van der Waals surface area contributed by atoms with Crippen LogP contribution < -0.4 is 10.6 Å². The number of halogens is 2. The molecule has 0 radical (unpaired) electrons. The standard InChI is InChI=1S/C28H19Br2N3OS2/c29-19-15-20(27-31-22-13-7-8-14-23(22)36-27)25(21(30)16-19)32-28(35)33-26(34)24(17-9-3-1-4-10-17)18-11-5-2-6-12-18/h1-16,24H,(H2,32,33,34,35). The molecule has 4 nitrogen and oxygen atoms in total. The van der Waals surface area contributed by atoms with E-state index in [2.05, 4.69) is 48.6 Å². The number of benzene rings is 4. The molecule has 1 amide bonds. The van der Waals surface area contributed by atoms with Gasteiger partial charge in [-0.05, 0) is 63.5 Å². The Morgan fingerprint density at radius 1 is 0.861 bits per heavy atom. The molecule has 5 aromatic rings. The molecule has 178 valence electrons. The number of thiazole rings is 1. The summed E-state index contributed by atoms with van der Waals surface area (Å²) in [5.74, 6) is -0.705. The number of hydrogen-bond acceptors (Lipinski definition) is 4. The number of fused-ring (bicyclic) bond motifs is 1. The van der Waals surface area contributed by atoms with Crippen LogP contribution in [0.25, 0.3) is 20.8 Å². The second-order valence-corrected chi connectivity index (χ2v) is 11.2. The van der Waals surface area contributed by atoms with Gasteiger partial charge in [-0.3, -0.25) is 4.79 Å². The fraction of sp³-hybridized carbons (Fsp3) is 0.0357. The molecule has 4 aromatic carbocycles. The van der Waals surface area contributed by atoms with Gasteiger partial charge in [-0.15, -0.1) is 11.3 Å². The van der Waals surface area contributed by atoms with Crippen molar-refractivity contribution < 1.29 is 4.79 Å². The number of thiocarbonyl (C=S) groups is 1.